The molecule has 2 aromatic rings. The zero-order valence-corrected chi connectivity index (χ0v) is 9.50. The van der Waals surface area contributed by atoms with Crippen LogP contribution in [-0.2, 0) is 6.54 Å². The first-order valence-electron chi connectivity index (χ1n) is 5.51. The maximum absolute atomic E-state index is 5.29. The molecule has 0 aromatic carbocycles. The molecule has 6 nitrogen and oxygen atoms in total. The Hall–Kier alpha value is -2.08. The Morgan fingerprint density at radius 2 is 2.29 bits per heavy atom. The Balaban J connectivity index is 1.74. The van der Waals surface area contributed by atoms with Crippen molar-refractivity contribution in [2.45, 2.75) is 13.0 Å². The van der Waals surface area contributed by atoms with E-state index in [-0.39, 0.29) is 0 Å². The smallest absolute Gasteiger partial charge is 0.141 e. The van der Waals surface area contributed by atoms with Crippen LogP contribution in [0.25, 0.3) is 0 Å². The SMILES string of the molecule is NNc1cc(NCCCn2ccnc2)ccn1. The average molecular weight is 232 g/mol. The molecule has 0 amide bonds. The molecule has 0 unspecified atom stereocenters. The highest BCUT2D eigenvalue weighted by atomic mass is 15.2. The fourth-order valence-corrected chi connectivity index (χ4v) is 1.53. The lowest BCUT2D eigenvalue weighted by Gasteiger charge is -2.07. The van der Waals surface area contributed by atoms with Gasteiger partial charge in [-0.05, 0) is 12.5 Å². The Bertz CT molecular complexity index is 439. The molecular weight excluding hydrogens is 216 g/mol. The van der Waals surface area contributed by atoms with Gasteiger partial charge in [-0.3, -0.25) is 0 Å². The lowest BCUT2D eigenvalue weighted by atomic mass is 10.3. The number of hydrazine groups is 1. The summed E-state index contributed by atoms with van der Waals surface area (Å²) in [5.41, 5.74) is 3.53. The van der Waals surface area contributed by atoms with E-state index < -0.39 is 0 Å². The van der Waals surface area contributed by atoms with Gasteiger partial charge >= 0.3 is 0 Å². The first-order chi connectivity index (χ1) is 8.38. The summed E-state index contributed by atoms with van der Waals surface area (Å²) in [7, 11) is 0. The first kappa shape index (κ1) is 11.4. The van der Waals surface area contributed by atoms with Crippen LogP contribution in [0.5, 0.6) is 0 Å². The number of nitrogens with zero attached hydrogens (tertiary/aromatic N) is 3. The van der Waals surface area contributed by atoms with Crippen LogP contribution in [0.4, 0.5) is 11.5 Å². The number of rotatable bonds is 6. The molecule has 90 valence electrons. The Kier molecular flexibility index (Phi) is 3.93. The minimum atomic E-state index is 0.657. The second-order valence-electron chi connectivity index (χ2n) is 3.65. The van der Waals surface area contributed by atoms with Crippen LogP contribution < -0.4 is 16.6 Å². The molecule has 0 aliphatic rings. The van der Waals surface area contributed by atoms with Crippen LogP contribution in [-0.4, -0.2) is 21.1 Å². The molecule has 0 aliphatic carbocycles. The molecular formula is C11H16N6. The Labute approximate surface area is 99.9 Å². The molecule has 2 rings (SSSR count). The van der Waals surface area contributed by atoms with Gasteiger partial charge in [0.2, 0.25) is 0 Å². The zero-order chi connectivity index (χ0) is 11.9. The van der Waals surface area contributed by atoms with E-state index in [9.17, 15) is 0 Å². The van der Waals surface area contributed by atoms with E-state index in [2.05, 4.69) is 25.3 Å². The van der Waals surface area contributed by atoms with Crippen molar-refractivity contribution >= 4 is 11.5 Å². The quantitative estimate of drug-likeness (QED) is 0.394. The second kappa shape index (κ2) is 5.86. The molecule has 0 spiro atoms. The van der Waals surface area contributed by atoms with Crippen molar-refractivity contribution in [3.05, 3.63) is 37.1 Å². The number of hydrogen-bond donors (Lipinski definition) is 3. The number of imidazole rings is 1. The molecule has 0 saturated carbocycles. The molecule has 0 saturated heterocycles. The van der Waals surface area contributed by atoms with E-state index in [0.29, 0.717) is 5.82 Å². The molecule has 0 fully saturated rings. The van der Waals surface area contributed by atoms with Gasteiger partial charge in [-0.2, -0.15) is 0 Å². The van der Waals surface area contributed by atoms with E-state index in [1.165, 1.54) is 0 Å². The maximum Gasteiger partial charge on any atom is 0.141 e. The average Bonchev–Trinajstić information content (AvgIpc) is 2.88. The molecule has 0 radical (unpaired) electrons. The minimum Gasteiger partial charge on any atom is -0.385 e. The third kappa shape index (κ3) is 3.46. The molecule has 0 bridgehead atoms. The second-order valence-corrected chi connectivity index (χ2v) is 3.65. The summed E-state index contributed by atoms with van der Waals surface area (Å²) >= 11 is 0. The molecule has 0 atom stereocenters. The van der Waals surface area contributed by atoms with Crippen LogP contribution in [0, 0.1) is 0 Å². The number of nitrogens with two attached hydrogens (primary N) is 1. The summed E-state index contributed by atoms with van der Waals surface area (Å²) in [5, 5.41) is 3.31. The van der Waals surface area contributed by atoms with E-state index >= 15 is 0 Å². The molecule has 2 aromatic heterocycles. The third-order valence-electron chi connectivity index (χ3n) is 2.39. The summed E-state index contributed by atoms with van der Waals surface area (Å²) in [5.74, 6) is 5.94. The number of hydrogen-bond acceptors (Lipinski definition) is 5. The van der Waals surface area contributed by atoms with Gasteiger partial charge in [-0.1, -0.05) is 0 Å². The monoisotopic (exact) mass is 232 g/mol. The van der Waals surface area contributed by atoms with Gasteiger partial charge in [0.15, 0.2) is 0 Å². The standard InChI is InChI=1S/C11H16N6/c12-16-11-8-10(2-4-15-11)14-3-1-6-17-7-5-13-9-17/h2,4-5,7-9H,1,3,6,12H2,(H2,14,15,16). The lowest BCUT2D eigenvalue weighted by Crippen LogP contribution is -2.10. The van der Waals surface area contributed by atoms with Crippen molar-refractivity contribution in [2.75, 3.05) is 17.3 Å². The van der Waals surface area contributed by atoms with Crippen molar-refractivity contribution in [3.63, 3.8) is 0 Å². The first-order valence-corrected chi connectivity index (χ1v) is 5.51. The fourth-order valence-electron chi connectivity index (χ4n) is 1.53. The zero-order valence-electron chi connectivity index (χ0n) is 9.50. The number of nitrogen functional groups attached to an aromatic ring is 1. The van der Waals surface area contributed by atoms with Gasteiger partial charge in [0.25, 0.3) is 0 Å². The normalized spacial score (nSPS) is 10.2. The molecule has 6 heteroatoms. The van der Waals surface area contributed by atoms with Crippen molar-refractivity contribution in [1.82, 2.24) is 14.5 Å². The van der Waals surface area contributed by atoms with E-state index in [4.69, 9.17) is 5.84 Å². The van der Waals surface area contributed by atoms with Crippen LogP contribution in [0.15, 0.2) is 37.1 Å². The van der Waals surface area contributed by atoms with Crippen LogP contribution in [0.3, 0.4) is 0 Å². The third-order valence-corrected chi connectivity index (χ3v) is 2.39. The summed E-state index contributed by atoms with van der Waals surface area (Å²) in [6, 6.07) is 3.79. The number of aromatic nitrogens is 3. The number of aryl methyl sites for hydroxylation is 1. The number of nitrogens with one attached hydrogen (secondary N) is 2. The molecule has 2 heterocycles. The molecule has 17 heavy (non-hydrogen) atoms. The molecule has 0 aliphatic heterocycles. The van der Waals surface area contributed by atoms with E-state index in [1.807, 2.05) is 24.7 Å². The van der Waals surface area contributed by atoms with Crippen molar-refractivity contribution in [2.24, 2.45) is 5.84 Å². The number of anilines is 2. The molecule has 4 N–H and O–H groups in total. The predicted octanol–water partition coefficient (Wildman–Crippen LogP) is 1.07. The lowest BCUT2D eigenvalue weighted by molar-refractivity contribution is 0.661. The minimum absolute atomic E-state index is 0.657. The summed E-state index contributed by atoms with van der Waals surface area (Å²) < 4.78 is 2.06. The fraction of sp³-hybridized carbons (Fsp3) is 0.273. The van der Waals surface area contributed by atoms with Crippen molar-refractivity contribution in [3.8, 4) is 0 Å². The van der Waals surface area contributed by atoms with E-state index in [1.54, 1.807) is 12.4 Å². The maximum atomic E-state index is 5.29. The van der Waals surface area contributed by atoms with Gasteiger partial charge < -0.3 is 15.3 Å². The van der Waals surface area contributed by atoms with Crippen molar-refractivity contribution < 1.29 is 0 Å². The largest absolute Gasteiger partial charge is 0.385 e. The summed E-state index contributed by atoms with van der Waals surface area (Å²) in [6.07, 6.45) is 8.32. The predicted molar refractivity (Wildman–Crippen MR) is 67.4 cm³/mol. The van der Waals surface area contributed by atoms with Crippen LogP contribution in [0.1, 0.15) is 6.42 Å². The topological polar surface area (TPSA) is 80.8 Å². The van der Waals surface area contributed by atoms with E-state index in [0.717, 1.165) is 25.2 Å². The van der Waals surface area contributed by atoms with Crippen LogP contribution >= 0.6 is 0 Å². The van der Waals surface area contributed by atoms with Crippen molar-refractivity contribution in [1.29, 1.82) is 0 Å². The van der Waals surface area contributed by atoms with Crippen LogP contribution in [0.2, 0.25) is 0 Å². The van der Waals surface area contributed by atoms with Gasteiger partial charge in [0.1, 0.15) is 5.82 Å². The van der Waals surface area contributed by atoms with Gasteiger partial charge in [-0.15, -0.1) is 0 Å². The van der Waals surface area contributed by atoms with Gasteiger partial charge in [-0.25, -0.2) is 15.8 Å². The van der Waals surface area contributed by atoms with Gasteiger partial charge in [0.05, 0.1) is 6.33 Å². The van der Waals surface area contributed by atoms with Gasteiger partial charge in [0, 0.05) is 43.4 Å². The summed E-state index contributed by atoms with van der Waals surface area (Å²) in [4.78, 5) is 8.03. The summed E-state index contributed by atoms with van der Waals surface area (Å²) in [6.45, 7) is 1.85. The highest BCUT2D eigenvalue weighted by Gasteiger charge is 1.95. The Morgan fingerprint density at radius 1 is 1.35 bits per heavy atom. The highest BCUT2D eigenvalue weighted by Crippen LogP contribution is 2.10. The number of pyridine rings is 1. The highest BCUT2D eigenvalue weighted by molar-refractivity contribution is 5.51. The Morgan fingerprint density at radius 3 is 3.06 bits per heavy atom.